The molecular weight excluding hydrogens is 389 g/mol. The zero-order chi connectivity index (χ0) is 20.7. The molecule has 8 nitrogen and oxygen atoms in total. The summed E-state index contributed by atoms with van der Waals surface area (Å²) in [7, 11) is -2.37. The minimum Gasteiger partial charge on any atom is -0.383 e. The molecule has 0 bridgehead atoms. The molecule has 2 rings (SSSR count). The van der Waals surface area contributed by atoms with E-state index in [-0.39, 0.29) is 29.2 Å². The molecule has 28 heavy (non-hydrogen) atoms. The van der Waals surface area contributed by atoms with Gasteiger partial charge in [0.1, 0.15) is 5.82 Å². The first-order valence-corrected chi connectivity index (χ1v) is 9.68. The maximum Gasteiger partial charge on any atom is 0.270 e. The predicted molar refractivity (Wildman–Crippen MR) is 99.6 cm³/mol. The van der Waals surface area contributed by atoms with Gasteiger partial charge in [0.05, 0.1) is 11.5 Å². The van der Waals surface area contributed by atoms with E-state index in [1.807, 2.05) is 0 Å². The van der Waals surface area contributed by atoms with Crippen molar-refractivity contribution in [2.24, 2.45) is 0 Å². The van der Waals surface area contributed by atoms with Gasteiger partial charge in [0, 0.05) is 24.8 Å². The number of amides is 2. The zero-order valence-corrected chi connectivity index (χ0v) is 16.1. The molecule has 0 aliphatic rings. The van der Waals surface area contributed by atoms with Gasteiger partial charge in [-0.2, -0.15) is 0 Å². The number of hydrogen-bond acceptors (Lipinski definition) is 5. The quantitative estimate of drug-likeness (QED) is 0.469. The summed E-state index contributed by atoms with van der Waals surface area (Å²) in [6.45, 7) is 1.92. The molecule has 0 atom stereocenters. The standard InChI is InChI=1S/C18H20FN3O5S/c1-12-3-8-15(28(25,26)20-9-10-27-2)11-16(12)18(24)22-21-17(23)13-4-6-14(19)7-5-13/h3-8,11,20H,9-10H2,1-2H3,(H,21,23)(H,22,24). The van der Waals surface area contributed by atoms with Crippen LogP contribution in [0.2, 0.25) is 0 Å². The highest BCUT2D eigenvalue weighted by Crippen LogP contribution is 2.15. The van der Waals surface area contributed by atoms with E-state index in [1.165, 1.54) is 37.4 Å². The van der Waals surface area contributed by atoms with E-state index in [9.17, 15) is 22.4 Å². The Labute approximate surface area is 162 Å². The first-order valence-electron chi connectivity index (χ1n) is 8.20. The third kappa shape index (κ3) is 5.59. The van der Waals surface area contributed by atoms with Crippen LogP contribution in [0.5, 0.6) is 0 Å². The number of hydrazine groups is 1. The Bertz CT molecular complexity index is 962. The van der Waals surface area contributed by atoms with Gasteiger partial charge in [0.2, 0.25) is 10.0 Å². The van der Waals surface area contributed by atoms with E-state index >= 15 is 0 Å². The van der Waals surface area contributed by atoms with Crippen molar-refractivity contribution in [2.45, 2.75) is 11.8 Å². The molecule has 0 unspecified atom stereocenters. The van der Waals surface area contributed by atoms with Crippen molar-refractivity contribution in [2.75, 3.05) is 20.3 Å². The summed E-state index contributed by atoms with van der Waals surface area (Å²) < 4.78 is 44.6. The van der Waals surface area contributed by atoms with E-state index in [2.05, 4.69) is 15.6 Å². The van der Waals surface area contributed by atoms with Crippen LogP contribution in [0, 0.1) is 12.7 Å². The molecule has 10 heteroatoms. The minimum absolute atomic E-state index is 0.0778. The van der Waals surface area contributed by atoms with Crippen LogP contribution < -0.4 is 15.6 Å². The summed E-state index contributed by atoms with van der Waals surface area (Å²) in [6, 6.07) is 8.84. The lowest BCUT2D eigenvalue weighted by Gasteiger charge is -2.12. The van der Waals surface area contributed by atoms with Crippen molar-refractivity contribution in [3.63, 3.8) is 0 Å². The summed E-state index contributed by atoms with van der Waals surface area (Å²) >= 11 is 0. The Morgan fingerprint density at radius 2 is 1.68 bits per heavy atom. The van der Waals surface area contributed by atoms with Crippen LogP contribution in [0.4, 0.5) is 4.39 Å². The number of benzene rings is 2. The molecule has 2 amide bonds. The Balaban J connectivity index is 2.10. The lowest BCUT2D eigenvalue weighted by atomic mass is 10.1. The average molecular weight is 409 g/mol. The molecule has 0 aliphatic heterocycles. The van der Waals surface area contributed by atoms with E-state index in [4.69, 9.17) is 4.74 Å². The van der Waals surface area contributed by atoms with Gasteiger partial charge in [-0.1, -0.05) is 6.07 Å². The summed E-state index contributed by atoms with van der Waals surface area (Å²) in [5.74, 6) is -1.83. The highest BCUT2D eigenvalue weighted by Gasteiger charge is 2.18. The fourth-order valence-corrected chi connectivity index (χ4v) is 3.27. The first-order chi connectivity index (χ1) is 13.2. The van der Waals surface area contributed by atoms with Crippen molar-refractivity contribution in [1.82, 2.24) is 15.6 Å². The molecule has 0 aromatic heterocycles. The predicted octanol–water partition coefficient (Wildman–Crippen LogP) is 1.13. The lowest BCUT2D eigenvalue weighted by molar-refractivity contribution is 0.0846. The van der Waals surface area contributed by atoms with Crippen LogP contribution in [0.1, 0.15) is 26.3 Å². The molecule has 0 saturated heterocycles. The van der Waals surface area contributed by atoms with Crippen LogP contribution >= 0.6 is 0 Å². The van der Waals surface area contributed by atoms with Gasteiger partial charge in [-0.3, -0.25) is 20.4 Å². The second-order valence-corrected chi connectivity index (χ2v) is 7.55. The molecule has 0 radical (unpaired) electrons. The number of halogens is 1. The molecule has 0 saturated carbocycles. The second kappa shape index (κ2) is 9.40. The molecule has 0 aliphatic carbocycles. The highest BCUT2D eigenvalue weighted by molar-refractivity contribution is 7.89. The van der Waals surface area contributed by atoms with Gasteiger partial charge in [0.25, 0.3) is 11.8 Å². The van der Waals surface area contributed by atoms with Gasteiger partial charge in [-0.25, -0.2) is 17.5 Å². The van der Waals surface area contributed by atoms with Crippen LogP contribution in [0.15, 0.2) is 47.4 Å². The molecule has 3 N–H and O–H groups in total. The Morgan fingerprint density at radius 3 is 2.32 bits per heavy atom. The average Bonchev–Trinajstić information content (AvgIpc) is 2.66. The number of ether oxygens (including phenoxy) is 1. The van der Waals surface area contributed by atoms with Crippen LogP contribution in [-0.4, -0.2) is 40.5 Å². The summed E-state index contributed by atoms with van der Waals surface area (Å²) in [4.78, 5) is 24.3. The van der Waals surface area contributed by atoms with Gasteiger partial charge >= 0.3 is 0 Å². The third-order valence-corrected chi connectivity index (χ3v) is 5.22. The fourth-order valence-electron chi connectivity index (χ4n) is 2.23. The number of rotatable bonds is 7. The van der Waals surface area contributed by atoms with E-state index in [0.29, 0.717) is 5.56 Å². The molecule has 0 spiro atoms. The van der Waals surface area contributed by atoms with Gasteiger partial charge in [-0.05, 0) is 48.9 Å². The summed E-state index contributed by atoms with van der Waals surface area (Å²) in [5, 5.41) is 0. The number of carbonyl (C=O) groups is 2. The smallest absolute Gasteiger partial charge is 0.270 e. The Hall–Kier alpha value is -2.82. The topological polar surface area (TPSA) is 114 Å². The van der Waals surface area contributed by atoms with Crippen molar-refractivity contribution in [1.29, 1.82) is 0 Å². The number of nitrogens with one attached hydrogen (secondary N) is 3. The zero-order valence-electron chi connectivity index (χ0n) is 15.3. The molecule has 150 valence electrons. The lowest BCUT2D eigenvalue weighted by Crippen LogP contribution is -2.42. The molecule has 0 fully saturated rings. The number of methoxy groups -OCH3 is 1. The van der Waals surface area contributed by atoms with Crippen molar-refractivity contribution in [3.8, 4) is 0 Å². The van der Waals surface area contributed by atoms with Crippen LogP contribution in [0.25, 0.3) is 0 Å². The van der Waals surface area contributed by atoms with Gasteiger partial charge < -0.3 is 4.74 Å². The van der Waals surface area contributed by atoms with Gasteiger partial charge in [0.15, 0.2) is 0 Å². The van der Waals surface area contributed by atoms with Crippen LogP contribution in [-0.2, 0) is 14.8 Å². The number of aryl methyl sites for hydroxylation is 1. The van der Waals surface area contributed by atoms with Gasteiger partial charge in [-0.15, -0.1) is 0 Å². The third-order valence-electron chi connectivity index (χ3n) is 3.76. The summed E-state index contributed by atoms with van der Waals surface area (Å²) in [5.41, 5.74) is 5.16. The SMILES string of the molecule is COCCNS(=O)(=O)c1ccc(C)c(C(=O)NNC(=O)c2ccc(F)cc2)c1. The summed E-state index contributed by atoms with van der Waals surface area (Å²) in [6.07, 6.45) is 0. The Morgan fingerprint density at radius 1 is 1.04 bits per heavy atom. The van der Waals surface area contributed by atoms with E-state index in [0.717, 1.165) is 12.1 Å². The normalized spacial score (nSPS) is 11.1. The number of carbonyl (C=O) groups excluding carboxylic acids is 2. The van der Waals surface area contributed by atoms with Crippen molar-refractivity contribution >= 4 is 21.8 Å². The minimum atomic E-state index is -3.82. The second-order valence-electron chi connectivity index (χ2n) is 5.78. The maximum absolute atomic E-state index is 12.9. The largest absolute Gasteiger partial charge is 0.383 e. The monoisotopic (exact) mass is 409 g/mol. The molecule has 0 heterocycles. The fraction of sp³-hybridized carbons (Fsp3) is 0.222. The molecular formula is C18H20FN3O5S. The van der Waals surface area contributed by atoms with Crippen molar-refractivity contribution in [3.05, 3.63) is 65.0 Å². The number of sulfonamides is 1. The first kappa shape index (κ1) is 21.5. The Kier molecular flexibility index (Phi) is 7.21. The van der Waals surface area contributed by atoms with E-state index < -0.39 is 27.7 Å². The molecule has 2 aromatic rings. The van der Waals surface area contributed by atoms with Crippen LogP contribution in [0.3, 0.4) is 0 Å². The van der Waals surface area contributed by atoms with E-state index in [1.54, 1.807) is 6.92 Å². The van der Waals surface area contributed by atoms with Crippen molar-refractivity contribution < 1.29 is 27.1 Å². The highest BCUT2D eigenvalue weighted by atomic mass is 32.2. The maximum atomic E-state index is 12.9. The molecule has 2 aromatic carbocycles. The number of hydrogen-bond donors (Lipinski definition) is 3.